The first-order valence-corrected chi connectivity index (χ1v) is 5.05. The number of carbonyl (C=O) groups is 2. The Labute approximate surface area is 97.8 Å². The van der Waals surface area contributed by atoms with Crippen molar-refractivity contribution in [3.05, 3.63) is 28.8 Å². The predicted molar refractivity (Wildman–Crippen MR) is 58.7 cm³/mol. The van der Waals surface area contributed by atoms with Crippen molar-refractivity contribution in [2.75, 3.05) is 0 Å². The van der Waals surface area contributed by atoms with Crippen molar-refractivity contribution in [3.63, 3.8) is 0 Å². The number of esters is 1. The highest BCUT2D eigenvalue weighted by atomic mass is 35.5. The molecule has 0 atom stereocenters. The lowest BCUT2D eigenvalue weighted by molar-refractivity contribution is -0.142. The third-order valence-electron chi connectivity index (χ3n) is 1.90. The number of halogens is 1. The topological polar surface area (TPSA) is 63.6 Å². The van der Waals surface area contributed by atoms with Gasteiger partial charge < -0.3 is 9.84 Å². The molecule has 0 radical (unpaired) electrons. The molecule has 1 N–H and O–H groups in total. The number of aliphatic carboxylic acids is 1. The van der Waals surface area contributed by atoms with Crippen molar-refractivity contribution in [1.29, 1.82) is 0 Å². The highest BCUT2D eigenvalue weighted by Gasteiger charge is 2.08. The maximum Gasteiger partial charge on any atom is 0.311 e. The summed E-state index contributed by atoms with van der Waals surface area (Å²) in [7, 11) is 0. The number of aryl methyl sites for hydroxylation is 1. The Bertz CT molecular complexity index is 414. The smallest absolute Gasteiger partial charge is 0.311 e. The molecule has 5 heteroatoms. The molecule has 0 saturated carbocycles. The first-order chi connectivity index (χ1) is 7.49. The Hall–Kier alpha value is -1.55. The molecule has 0 heterocycles. The van der Waals surface area contributed by atoms with Gasteiger partial charge in [0.05, 0.1) is 12.8 Å². The van der Waals surface area contributed by atoms with Gasteiger partial charge in [0.1, 0.15) is 5.75 Å². The summed E-state index contributed by atoms with van der Waals surface area (Å²) in [6, 6.07) is 4.81. The molecule has 86 valence electrons. The average molecular weight is 243 g/mol. The number of ether oxygens (including phenoxy) is 1. The van der Waals surface area contributed by atoms with Crippen molar-refractivity contribution in [3.8, 4) is 5.75 Å². The summed E-state index contributed by atoms with van der Waals surface area (Å²) in [6.45, 7) is 1.79. The zero-order valence-corrected chi connectivity index (χ0v) is 9.45. The van der Waals surface area contributed by atoms with Gasteiger partial charge in [0, 0.05) is 5.02 Å². The summed E-state index contributed by atoms with van der Waals surface area (Å²) in [5.41, 5.74) is 0.796. The Morgan fingerprint density at radius 1 is 1.38 bits per heavy atom. The zero-order valence-electron chi connectivity index (χ0n) is 8.70. The van der Waals surface area contributed by atoms with Crippen LogP contribution in [0.2, 0.25) is 5.02 Å². The van der Waals surface area contributed by atoms with Crippen LogP contribution in [-0.2, 0) is 9.59 Å². The van der Waals surface area contributed by atoms with Crippen LogP contribution in [-0.4, -0.2) is 17.0 Å². The first kappa shape index (κ1) is 12.5. The Kier molecular flexibility index (Phi) is 4.31. The van der Waals surface area contributed by atoms with Gasteiger partial charge in [0.15, 0.2) is 0 Å². The van der Waals surface area contributed by atoms with E-state index in [1.165, 1.54) is 0 Å². The maximum absolute atomic E-state index is 11.2. The molecule has 0 aliphatic carbocycles. The van der Waals surface area contributed by atoms with Crippen LogP contribution in [0.1, 0.15) is 18.4 Å². The van der Waals surface area contributed by atoms with E-state index < -0.39 is 11.9 Å². The van der Waals surface area contributed by atoms with Crippen LogP contribution in [0.25, 0.3) is 0 Å². The molecule has 0 saturated heterocycles. The number of hydrogen-bond donors (Lipinski definition) is 1. The average Bonchev–Trinajstić information content (AvgIpc) is 2.21. The molecule has 0 fully saturated rings. The fourth-order valence-electron chi connectivity index (χ4n) is 1.07. The Morgan fingerprint density at radius 2 is 2.06 bits per heavy atom. The van der Waals surface area contributed by atoms with Crippen LogP contribution in [0.15, 0.2) is 18.2 Å². The molecule has 0 amide bonds. The molecule has 0 aliphatic rings. The Balaban J connectivity index is 2.56. The van der Waals surface area contributed by atoms with Gasteiger partial charge in [-0.25, -0.2) is 0 Å². The predicted octanol–water partition coefficient (Wildman–Crippen LogP) is 2.42. The van der Waals surface area contributed by atoms with E-state index in [2.05, 4.69) is 0 Å². The third-order valence-corrected chi connectivity index (χ3v) is 2.33. The van der Waals surface area contributed by atoms with Crippen LogP contribution < -0.4 is 4.74 Å². The van der Waals surface area contributed by atoms with Gasteiger partial charge in [-0.3, -0.25) is 9.59 Å². The van der Waals surface area contributed by atoms with Crippen LogP contribution in [0.3, 0.4) is 0 Å². The minimum atomic E-state index is -1.02. The molecule has 0 aliphatic heterocycles. The van der Waals surface area contributed by atoms with Gasteiger partial charge in [-0.1, -0.05) is 11.6 Å². The van der Waals surface area contributed by atoms with Crippen molar-refractivity contribution < 1.29 is 19.4 Å². The largest absolute Gasteiger partial charge is 0.481 e. The summed E-state index contributed by atoms with van der Waals surface area (Å²) in [6.07, 6.45) is -0.373. The summed E-state index contributed by atoms with van der Waals surface area (Å²) >= 11 is 5.80. The molecular weight excluding hydrogens is 232 g/mol. The standard InChI is InChI=1S/C11H11ClO4/c1-7-6-8(2-3-9(7)12)16-11(15)5-4-10(13)14/h2-3,6H,4-5H2,1H3,(H,13,14). The van der Waals surface area contributed by atoms with E-state index in [1.54, 1.807) is 25.1 Å². The normalized spacial score (nSPS) is 9.88. The number of carboxylic acid groups (broad SMARTS) is 1. The lowest BCUT2D eigenvalue weighted by Gasteiger charge is -2.05. The van der Waals surface area contributed by atoms with E-state index in [-0.39, 0.29) is 12.8 Å². The van der Waals surface area contributed by atoms with E-state index >= 15 is 0 Å². The SMILES string of the molecule is Cc1cc(OC(=O)CCC(=O)O)ccc1Cl. The molecule has 0 aromatic heterocycles. The number of hydrogen-bond acceptors (Lipinski definition) is 3. The summed E-state index contributed by atoms with van der Waals surface area (Å²) in [5.74, 6) is -1.22. The Morgan fingerprint density at radius 3 is 2.62 bits per heavy atom. The first-order valence-electron chi connectivity index (χ1n) is 4.67. The monoisotopic (exact) mass is 242 g/mol. The molecule has 4 nitrogen and oxygen atoms in total. The van der Waals surface area contributed by atoms with Gasteiger partial charge >= 0.3 is 11.9 Å². The maximum atomic E-state index is 11.2. The van der Waals surface area contributed by atoms with Crippen LogP contribution in [0.5, 0.6) is 5.75 Å². The number of carbonyl (C=O) groups excluding carboxylic acids is 1. The lowest BCUT2D eigenvalue weighted by Crippen LogP contribution is -2.10. The lowest BCUT2D eigenvalue weighted by atomic mass is 10.2. The van der Waals surface area contributed by atoms with Crippen molar-refractivity contribution in [2.45, 2.75) is 19.8 Å². The van der Waals surface area contributed by atoms with Crippen LogP contribution >= 0.6 is 11.6 Å². The van der Waals surface area contributed by atoms with Gasteiger partial charge in [0.2, 0.25) is 0 Å². The molecule has 0 bridgehead atoms. The summed E-state index contributed by atoms with van der Waals surface area (Å²) in [4.78, 5) is 21.4. The van der Waals surface area contributed by atoms with E-state index in [0.29, 0.717) is 10.8 Å². The van der Waals surface area contributed by atoms with Crippen molar-refractivity contribution >= 4 is 23.5 Å². The van der Waals surface area contributed by atoms with E-state index in [0.717, 1.165) is 5.56 Å². The van der Waals surface area contributed by atoms with E-state index in [4.69, 9.17) is 21.4 Å². The highest BCUT2D eigenvalue weighted by molar-refractivity contribution is 6.31. The van der Waals surface area contributed by atoms with Gasteiger partial charge in [0.25, 0.3) is 0 Å². The van der Waals surface area contributed by atoms with Crippen molar-refractivity contribution in [1.82, 2.24) is 0 Å². The minimum absolute atomic E-state index is 0.142. The third kappa shape index (κ3) is 3.90. The molecule has 1 rings (SSSR count). The highest BCUT2D eigenvalue weighted by Crippen LogP contribution is 2.21. The second-order valence-electron chi connectivity index (χ2n) is 3.28. The zero-order chi connectivity index (χ0) is 12.1. The summed E-state index contributed by atoms with van der Waals surface area (Å²) < 4.78 is 4.94. The molecular formula is C11H11ClO4. The van der Waals surface area contributed by atoms with E-state index in [1.807, 2.05) is 0 Å². The number of carboxylic acids is 1. The molecule has 1 aromatic rings. The number of rotatable bonds is 4. The van der Waals surface area contributed by atoms with Crippen LogP contribution in [0, 0.1) is 6.92 Å². The minimum Gasteiger partial charge on any atom is -0.481 e. The fourth-order valence-corrected chi connectivity index (χ4v) is 1.19. The molecule has 0 spiro atoms. The quantitative estimate of drug-likeness (QED) is 0.651. The molecule has 16 heavy (non-hydrogen) atoms. The second-order valence-corrected chi connectivity index (χ2v) is 3.69. The summed E-state index contributed by atoms with van der Waals surface area (Å²) in [5, 5.41) is 8.97. The van der Waals surface area contributed by atoms with Crippen molar-refractivity contribution in [2.24, 2.45) is 0 Å². The fraction of sp³-hybridized carbons (Fsp3) is 0.273. The number of benzene rings is 1. The molecule has 0 unspecified atom stereocenters. The molecule has 1 aromatic carbocycles. The van der Waals surface area contributed by atoms with Gasteiger partial charge in [-0.2, -0.15) is 0 Å². The van der Waals surface area contributed by atoms with Gasteiger partial charge in [-0.15, -0.1) is 0 Å². The second kappa shape index (κ2) is 5.51. The van der Waals surface area contributed by atoms with E-state index in [9.17, 15) is 9.59 Å². The van der Waals surface area contributed by atoms with Gasteiger partial charge in [-0.05, 0) is 30.7 Å². The van der Waals surface area contributed by atoms with Crippen LogP contribution in [0.4, 0.5) is 0 Å².